The molecule has 2 aromatic heterocycles. The van der Waals surface area contributed by atoms with Gasteiger partial charge in [-0.15, -0.1) is 0 Å². The van der Waals surface area contributed by atoms with Crippen LogP contribution in [0.4, 0.5) is 13.2 Å². The van der Waals surface area contributed by atoms with Crippen LogP contribution in [0.2, 0.25) is 0 Å². The van der Waals surface area contributed by atoms with Crippen molar-refractivity contribution in [2.45, 2.75) is 52.4 Å². The maximum Gasteiger partial charge on any atom is 0.405 e. The fraction of sp³-hybridized carbons (Fsp3) is 0.556. The Morgan fingerprint density at radius 1 is 1.23 bits per heavy atom. The van der Waals surface area contributed by atoms with E-state index in [1.807, 2.05) is 20.8 Å². The molecule has 1 saturated carbocycles. The van der Waals surface area contributed by atoms with Crippen LogP contribution in [0.1, 0.15) is 54.5 Å². The molecule has 9 nitrogen and oxygen atoms in total. The molecule has 0 unspecified atom stereocenters. The Bertz CT molecular complexity index is 1060. The fourth-order valence-corrected chi connectivity index (χ4v) is 2.85. The van der Waals surface area contributed by atoms with Gasteiger partial charge in [0.25, 0.3) is 17.4 Å². The van der Waals surface area contributed by atoms with Gasteiger partial charge in [-0.25, -0.2) is 0 Å². The number of amides is 2. The van der Waals surface area contributed by atoms with Gasteiger partial charge in [0.15, 0.2) is 11.3 Å². The minimum atomic E-state index is -4.61. The Balaban J connectivity index is 2.11. The largest absolute Gasteiger partial charge is 0.494 e. The van der Waals surface area contributed by atoms with Crippen LogP contribution in [0, 0.1) is 5.41 Å². The quantitative estimate of drug-likeness (QED) is 0.665. The lowest BCUT2D eigenvalue weighted by atomic mass is 9.96. The third-order valence-corrected chi connectivity index (χ3v) is 4.31. The van der Waals surface area contributed by atoms with Crippen molar-refractivity contribution in [2.75, 3.05) is 6.54 Å². The second kappa shape index (κ2) is 7.33. The van der Waals surface area contributed by atoms with E-state index in [4.69, 9.17) is 0 Å². The maximum atomic E-state index is 12.8. The van der Waals surface area contributed by atoms with Crippen molar-refractivity contribution in [1.82, 2.24) is 24.8 Å². The maximum absolute atomic E-state index is 12.8. The molecule has 1 fully saturated rings. The molecule has 2 amide bonds. The van der Waals surface area contributed by atoms with Crippen molar-refractivity contribution in [3.63, 3.8) is 0 Å². The average molecular weight is 429 g/mol. The van der Waals surface area contributed by atoms with Gasteiger partial charge in [0.1, 0.15) is 12.2 Å². The standard InChI is InChI=1S/C18H22F3N5O4/c1-17(2,3)8-25-11-6-10(13(27)22-7-18(19,20)21)24-26(11)16(30)12(15(25)29)14(28)23-9-4-5-9/h6,9,29H,4-5,7-8H2,1-3H3,(H,22,27)(H,23,28). The Morgan fingerprint density at radius 3 is 2.40 bits per heavy atom. The molecule has 0 atom stereocenters. The van der Waals surface area contributed by atoms with Gasteiger partial charge in [-0.3, -0.25) is 19.0 Å². The van der Waals surface area contributed by atoms with Crippen LogP contribution < -0.4 is 16.2 Å². The number of halogens is 3. The van der Waals surface area contributed by atoms with Crippen molar-refractivity contribution in [3.05, 3.63) is 27.7 Å². The van der Waals surface area contributed by atoms with E-state index in [0.717, 1.165) is 23.4 Å². The molecule has 0 aromatic carbocycles. The first kappa shape index (κ1) is 21.7. The second-order valence-corrected chi connectivity index (χ2v) is 8.50. The lowest BCUT2D eigenvalue weighted by Gasteiger charge is -2.23. The van der Waals surface area contributed by atoms with Gasteiger partial charge in [0, 0.05) is 18.7 Å². The Hall–Kier alpha value is -3.05. The molecule has 2 aromatic rings. The number of hydrogen-bond acceptors (Lipinski definition) is 5. The second-order valence-electron chi connectivity index (χ2n) is 8.50. The molecule has 1 aliphatic rings. The predicted octanol–water partition coefficient (Wildman–Crippen LogP) is 1.43. The Kier molecular flexibility index (Phi) is 5.29. The van der Waals surface area contributed by atoms with Crippen LogP contribution >= 0.6 is 0 Å². The molecule has 2 heterocycles. The summed E-state index contributed by atoms with van der Waals surface area (Å²) in [6.07, 6.45) is -3.09. The van der Waals surface area contributed by atoms with E-state index < -0.39 is 52.6 Å². The zero-order valence-corrected chi connectivity index (χ0v) is 16.6. The number of aromatic nitrogens is 3. The normalized spacial score (nSPS) is 14.7. The highest BCUT2D eigenvalue weighted by molar-refractivity contribution is 5.97. The number of fused-ring (bicyclic) bond motifs is 1. The van der Waals surface area contributed by atoms with Gasteiger partial charge in [0.2, 0.25) is 5.88 Å². The number of nitrogens with one attached hydrogen (secondary N) is 2. The van der Waals surface area contributed by atoms with Gasteiger partial charge in [0.05, 0.1) is 0 Å². The van der Waals surface area contributed by atoms with Crippen molar-refractivity contribution in [3.8, 4) is 5.88 Å². The molecule has 3 N–H and O–H groups in total. The van der Waals surface area contributed by atoms with Gasteiger partial charge in [-0.1, -0.05) is 20.8 Å². The molecule has 0 saturated heterocycles. The topological polar surface area (TPSA) is 118 Å². The van der Waals surface area contributed by atoms with E-state index in [2.05, 4.69) is 10.4 Å². The first-order valence-corrected chi connectivity index (χ1v) is 9.28. The summed E-state index contributed by atoms with van der Waals surface area (Å²) in [5.41, 5.74) is -2.39. The van der Waals surface area contributed by atoms with Crippen LogP contribution in [0.5, 0.6) is 5.88 Å². The Morgan fingerprint density at radius 2 is 1.87 bits per heavy atom. The average Bonchev–Trinajstić information content (AvgIpc) is 3.29. The van der Waals surface area contributed by atoms with E-state index in [1.54, 1.807) is 5.32 Å². The summed E-state index contributed by atoms with van der Waals surface area (Å²) in [5.74, 6) is -2.51. The summed E-state index contributed by atoms with van der Waals surface area (Å²) in [6, 6.07) is 1.02. The molecule has 1 aliphatic carbocycles. The molecule has 12 heteroatoms. The predicted molar refractivity (Wildman–Crippen MR) is 99.4 cm³/mol. The number of hydrogen-bond donors (Lipinski definition) is 3. The van der Waals surface area contributed by atoms with E-state index >= 15 is 0 Å². The highest BCUT2D eigenvalue weighted by Gasteiger charge is 2.32. The zero-order chi connectivity index (χ0) is 22.4. The van der Waals surface area contributed by atoms with E-state index in [-0.39, 0.29) is 18.2 Å². The molecule has 30 heavy (non-hydrogen) atoms. The minimum Gasteiger partial charge on any atom is -0.494 e. The summed E-state index contributed by atoms with van der Waals surface area (Å²) in [5, 5.41) is 18.8. The first-order chi connectivity index (χ1) is 13.8. The highest BCUT2D eigenvalue weighted by Crippen LogP contribution is 2.26. The summed E-state index contributed by atoms with van der Waals surface area (Å²) in [4.78, 5) is 37.4. The number of alkyl halides is 3. The van der Waals surface area contributed by atoms with Crippen molar-refractivity contribution < 1.29 is 27.9 Å². The molecule has 0 radical (unpaired) electrons. The van der Waals surface area contributed by atoms with Gasteiger partial charge in [-0.05, 0) is 18.3 Å². The number of carbonyl (C=O) groups is 2. The highest BCUT2D eigenvalue weighted by atomic mass is 19.4. The molecule has 0 spiro atoms. The number of carbonyl (C=O) groups excluding carboxylic acids is 2. The van der Waals surface area contributed by atoms with Crippen molar-refractivity contribution in [2.24, 2.45) is 5.41 Å². The minimum absolute atomic E-state index is 0.0208. The summed E-state index contributed by atoms with van der Waals surface area (Å²) >= 11 is 0. The van der Waals surface area contributed by atoms with E-state index in [9.17, 15) is 32.7 Å². The first-order valence-electron chi connectivity index (χ1n) is 9.28. The third-order valence-electron chi connectivity index (χ3n) is 4.31. The number of aromatic hydroxyl groups is 1. The summed E-state index contributed by atoms with van der Waals surface area (Å²) < 4.78 is 39.1. The molecule has 164 valence electrons. The lowest BCUT2D eigenvalue weighted by Crippen LogP contribution is -2.35. The molecule has 3 rings (SSSR count). The lowest BCUT2D eigenvalue weighted by molar-refractivity contribution is -0.123. The van der Waals surface area contributed by atoms with Gasteiger partial charge >= 0.3 is 6.18 Å². The third kappa shape index (κ3) is 4.74. The van der Waals surface area contributed by atoms with Crippen LogP contribution in [-0.2, 0) is 6.54 Å². The van der Waals surface area contributed by atoms with Gasteiger partial charge in [-0.2, -0.15) is 22.8 Å². The van der Waals surface area contributed by atoms with E-state index in [1.165, 1.54) is 4.57 Å². The van der Waals surface area contributed by atoms with Crippen LogP contribution in [0.25, 0.3) is 5.65 Å². The molecule has 0 bridgehead atoms. The zero-order valence-electron chi connectivity index (χ0n) is 16.6. The van der Waals surface area contributed by atoms with Crippen molar-refractivity contribution >= 4 is 17.5 Å². The fourth-order valence-electron chi connectivity index (χ4n) is 2.85. The summed E-state index contributed by atoms with van der Waals surface area (Å²) in [6.45, 7) is 4.11. The molecular weight excluding hydrogens is 407 g/mol. The summed E-state index contributed by atoms with van der Waals surface area (Å²) in [7, 11) is 0. The monoisotopic (exact) mass is 429 g/mol. The van der Waals surface area contributed by atoms with Crippen LogP contribution in [0.3, 0.4) is 0 Å². The van der Waals surface area contributed by atoms with Crippen molar-refractivity contribution in [1.29, 1.82) is 0 Å². The van der Waals surface area contributed by atoms with Crippen LogP contribution in [0.15, 0.2) is 10.9 Å². The number of nitrogens with zero attached hydrogens (tertiary/aromatic N) is 3. The van der Waals surface area contributed by atoms with Gasteiger partial charge < -0.3 is 15.7 Å². The number of rotatable bonds is 5. The van der Waals surface area contributed by atoms with Crippen LogP contribution in [-0.4, -0.2) is 49.9 Å². The van der Waals surface area contributed by atoms with E-state index in [0.29, 0.717) is 0 Å². The Labute approximate surface area is 168 Å². The molecule has 0 aliphatic heterocycles. The smallest absolute Gasteiger partial charge is 0.405 e. The SMILES string of the molecule is CC(C)(C)Cn1c(O)c(C(=O)NC2CC2)c(=O)n2nc(C(=O)NCC(F)(F)F)cc12. The molecular formula is C18H22F3N5O4.